The number of nitrogens with one attached hydrogen (secondary N) is 2. The number of hydrogen-bond acceptors (Lipinski definition) is 2. The fourth-order valence-corrected chi connectivity index (χ4v) is 2.88. The van der Waals surface area contributed by atoms with Gasteiger partial charge in [-0.2, -0.15) is 0 Å². The van der Waals surface area contributed by atoms with E-state index in [0.717, 1.165) is 17.9 Å². The molecule has 0 aliphatic heterocycles. The van der Waals surface area contributed by atoms with E-state index in [-0.39, 0.29) is 12.1 Å². The number of anilines is 1. The summed E-state index contributed by atoms with van der Waals surface area (Å²) in [5.74, 6) is 0.837. The quantitative estimate of drug-likeness (QED) is 0.705. The Balaban J connectivity index is 2.03. The summed E-state index contributed by atoms with van der Waals surface area (Å²) in [6.45, 7) is 8.31. The van der Waals surface area contributed by atoms with Crippen molar-refractivity contribution >= 4 is 23.0 Å². The highest BCUT2D eigenvalue weighted by atomic mass is 32.1. The van der Waals surface area contributed by atoms with E-state index in [1.165, 1.54) is 11.1 Å². The van der Waals surface area contributed by atoms with Gasteiger partial charge in [0.25, 0.3) is 0 Å². The molecular formula is C20H26N2OS. The molecule has 0 fully saturated rings. The normalized spacial score (nSPS) is 11.9. The molecule has 0 unspecified atom stereocenters. The third-order valence-corrected chi connectivity index (χ3v) is 3.96. The topological polar surface area (TPSA) is 33.3 Å². The fourth-order valence-electron chi connectivity index (χ4n) is 2.62. The second-order valence-electron chi connectivity index (χ2n) is 6.11. The first kappa shape index (κ1) is 18.3. The smallest absolute Gasteiger partial charge is 0.171 e. The molecule has 0 radical (unpaired) electrons. The maximum absolute atomic E-state index is 5.72. The van der Waals surface area contributed by atoms with Crippen LogP contribution in [0, 0.1) is 6.92 Å². The van der Waals surface area contributed by atoms with E-state index in [2.05, 4.69) is 48.7 Å². The van der Waals surface area contributed by atoms with Crippen molar-refractivity contribution in [3.63, 3.8) is 0 Å². The summed E-state index contributed by atoms with van der Waals surface area (Å²) in [5, 5.41) is 7.28. The first-order valence-corrected chi connectivity index (χ1v) is 8.80. The van der Waals surface area contributed by atoms with Crippen LogP contribution in [0.15, 0.2) is 48.5 Å². The summed E-state index contributed by atoms with van der Waals surface area (Å²) >= 11 is 5.49. The lowest BCUT2D eigenvalue weighted by Gasteiger charge is -2.22. The van der Waals surface area contributed by atoms with Crippen LogP contribution in [-0.4, -0.2) is 11.2 Å². The van der Waals surface area contributed by atoms with Crippen LogP contribution in [0.1, 0.15) is 44.4 Å². The molecule has 0 saturated carbocycles. The van der Waals surface area contributed by atoms with Gasteiger partial charge in [-0.25, -0.2) is 0 Å². The van der Waals surface area contributed by atoms with E-state index < -0.39 is 0 Å². The molecule has 0 aliphatic carbocycles. The zero-order chi connectivity index (χ0) is 17.5. The number of ether oxygens (including phenoxy) is 1. The van der Waals surface area contributed by atoms with Crippen LogP contribution in [0.4, 0.5) is 5.69 Å². The highest BCUT2D eigenvalue weighted by molar-refractivity contribution is 7.80. The molecule has 24 heavy (non-hydrogen) atoms. The second-order valence-corrected chi connectivity index (χ2v) is 6.52. The monoisotopic (exact) mass is 342 g/mol. The summed E-state index contributed by atoms with van der Waals surface area (Å²) in [5.41, 5.74) is 3.47. The Hall–Kier alpha value is -2.07. The zero-order valence-electron chi connectivity index (χ0n) is 14.8. The van der Waals surface area contributed by atoms with Crippen LogP contribution in [0.5, 0.6) is 5.75 Å². The molecule has 0 aromatic heterocycles. The number of thiocarbonyl (C=S) groups is 1. The van der Waals surface area contributed by atoms with Gasteiger partial charge in [0.05, 0.1) is 12.1 Å². The predicted molar refractivity (Wildman–Crippen MR) is 106 cm³/mol. The van der Waals surface area contributed by atoms with Gasteiger partial charge in [0.1, 0.15) is 5.75 Å². The molecule has 1 atom stereocenters. The largest absolute Gasteiger partial charge is 0.491 e. The number of aryl methyl sites for hydroxylation is 1. The first-order chi connectivity index (χ1) is 11.5. The van der Waals surface area contributed by atoms with E-state index in [1.807, 2.05) is 38.1 Å². The zero-order valence-corrected chi connectivity index (χ0v) is 15.6. The molecule has 2 N–H and O–H groups in total. The van der Waals surface area contributed by atoms with Gasteiger partial charge in [-0.1, -0.05) is 37.3 Å². The molecule has 0 heterocycles. The van der Waals surface area contributed by atoms with Gasteiger partial charge >= 0.3 is 0 Å². The first-order valence-electron chi connectivity index (χ1n) is 8.39. The Labute approximate surface area is 150 Å². The van der Waals surface area contributed by atoms with Crippen LogP contribution < -0.4 is 15.4 Å². The van der Waals surface area contributed by atoms with Gasteiger partial charge in [-0.15, -0.1) is 0 Å². The van der Waals surface area contributed by atoms with E-state index in [0.29, 0.717) is 5.11 Å². The van der Waals surface area contributed by atoms with Crippen LogP contribution >= 0.6 is 12.2 Å². The van der Waals surface area contributed by atoms with Gasteiger partial charge in [-0.3, -0.25) is 0 Å². The van der Waals surface area contributed by atoms with Crippen LogP contribution in [0.3, 0.4) is 0 Å². The molecule has 128 valence electrons. The third kappa shape index (κ3) is 5.24. The summed E-state index contributed by atoms with van der Waals surface area (Å²) in [4.78, 5) is 0. The van der Waals surface area contributed by atoms with Crippen molar-refractivity contribution in [3.05, 3.63) is 59.7 Å². The summed E-state index contributed by atoms with van der Waals surface area (Å²) < 4.78 is 5.72. The standard InChI is InChI=1S/C20H26N2OS/c1-5-19(18-12-7-6-9-15(18)4)22-20(24)21-16-10-8-11-17(13-16)23-14(2)3/h6-14,19H,5H2,1-4H3,(H2,21,22,24)/t19-/m1/s1. The Bertz CT molecular complexity index is 685. The third-order valence-electron chi connectivity index (χ3n) is 3.74. The molecule has 2 aromatic rings. The number of hydrogen-bond donors (Lipinski definition) is 2. The van der Waals surface area contributed by atoms with Crippen molar-refractivity contribution in [3.8, 4) is 5.75 Å². The Morgan fingerprint density at radius 2 is 1.88 bits per heavy atom. The Morgan fingerprint density at radius 3 is 2.54 bits per heavy atom. The minimum Gasteiger partial charge on any atom is -0.491 e. The van der Waals surface area contributed by atoms with Crippen LogP contribution in [-0.2, 0) is 0 Å². The second kappa shape index (κ2) is 8.69. The van der Waals surface area contributed by atoms with Crippen molar-refractivity contribution in [1.29, 1.82) is 0 Å². The lowest BCUT2D eigenvalue weighted by atomic mass is 10.00. The molecule has 0 aliphatic rings. The minimum atomic E-state index is 0.149. The van der Waals surface area contributed by atoms with Crippen molar-refractivity contribution in [2.75, 3.05) is 5.32 Å². The van der Waals surface area contributed by atoms with Crippen LogP contribution in [0.25, 0.3) is 0 Å². The molecule has 4 heteroatoms. The molecular weight excluding hydrogens is 316 g/mol. The summed E-state index contributed by atoms with van der Waals surface area (Å²) in [6.07, 6.45) is 1.11. The molecule has 0 bridgehead atoms. The average Bonchev–Trinajstić information content (AvgIpc) is 2.53. The van der Waals surface area contributed by atoms with Gasteiger partial charge in [0.2, 0.25) is 0 Å². The SMILES string of the molecule is CC[C@@H](NC(=S)Nc1cccc(OC(C)C)c1)c1ccccc1C. The van der Waals surface area contributed by atoms with E-state index in [1.54, 1.807) is 0 Å². The average molecular weight is 343 g/mol. The molecule has 0 amide bonds. The minimum absolute atomic E-state index is 0.149. The number of rotatable bonds is 6. The maximum atomic E-state index is 5.72. The molecule has 2 aromatic carbocycles. The van der Waals surface area contributed by atoms with Gasteiger partial charge in [-0.05, 0) is 62.7 Å². The van der Waals surface area contributed by atoms with Gasteiger partial charge in [0.15, 0.2) is 5.11 Å². The molecule has 0 spiro atoms. The van der Waals surface area contributed by atoms with Gasteiger partial charge in [0, 0.05) is 11.8 Å². The highest BCUT2D eigenvalue weighted by Gasteiger charge is 2.12. The summed E-state index contributed by atoms with van der Waals surface area (Å²) in [7, 11) is 0. The van der Waals surface area contributed by atoms with Crippen LogP contribution in [0.2, 0.25) is 0 Å². The van der Waals surface area contributed by atoms with Crippen molar-refractivity contribution in [2.24, 2.45) is 0 Å². The Morgan fingerprint density at radius 1 is 1.12 bits per heavy atom. The summed E-state index contributed by atoms with van der Waals surface area (Å²) in [6, 6.07) is 16.4. The van der Waals surface area contributed by atoms with Gasteiger partial charge < -0.3 is 15.4 Å². The van der Waals surface area contributed by atoms with E-state index in [4.69, 9.17) is 17.0 Å². The van der Waals surface area contributed by atoms with Crippen molar-refractivity contribution < 1.29 is 4.74 Å². The lowest BCUT2D eigenvalue weighted by molar-refractivity contribution is 0.242. The predicted octanol–water partition coefficient (Wildman–Crippen LogP) is 5.22. The molecule has 3 nitrogen and oxygen atoms in total. The van der Waals surface area contributed by atoms with Crippen molar-refractivity contribution in [1.82, 2.24) is 5.32 Å². The Kier molecular flexibility index (Phi) is 6.62. The maximum Gasteiger partial charge on any atom is 0.171 e. The molecule has 2 rings (SSSR count). The number of benzene rings is 2. The van der Waals surface area contributed by atoms with E-state index in [9.17, 15) is 0 Å². The molecule has 0 saturated heterocycles. The lowest BCUT2D eigenvalue weighted by Crippen LogP contribution is -2.32. The fraction of sp³-hybridized carbons (Fsp3) is 0.350. The van der Waals surface area contributed by atoms with E-state index >= 15 is 0 Å². The van der Waals surface area contributed by atoms with Crippen molar-refractivity contribution in [2.45, 2.75) is 46.3 Å². The highest BCUT2D eigenvalue weighted by Crippen LogP contribution is 2.22.